The minimum absolute atomic E-state index is 0.0538. The monoisotopic (exact) mass is 454 g/mol. The number of hydrogen-bond acceptors (Lipinski definition) is 6. The second-order valence-electron chi connectivity index (χ2n) is 11.6. The molecule has 0 spiro atoms. The van der Waals surface area contributed by atoms with Crippen molar-refractivity contribution < 1.29 is 19.8 Å². The molecule has 8 nitrogen and oxygen atoms in total. The standard InChI is InChI=1S/2C8H20N2.C8H6O4/c2*1-7(2,3)10(9)8(4,5)6;9-7(10)5-1-2-6(4-3-5)8(11)12/h2*9H2,1-6H3;1-4H,(H,9,10)(H,11,12). The number of benzene rings is 1. The minimum atomic E-state index is -1.06. The minimum Gasteiger partial charge on any atom is -0.478 e. The molecule has 8 heteroatoms. The van der Waals surface area contributed by atoms with E-state index < -0.39 is 11.9 Å². The molecule has 186 valence electrons. The first kappa shape index (κ1) is 32.2. The van der Waals surface area contributed by atoms with Crippen LogP contribution in [-0.2, 0) is 0 Å². The van der Waals surface area contributed by atoms with Gasteiger partial charge in [0.25, 0.3) is 0 Å². The highest BCUT2D eigenvalue weighted by Crippen LogP contribution is 2.20. The number of hydrogen-bond donors (Lipinski definition) is 4. The Hall–Kier alpha value is -2.00. The molecule has 32 heavy (non-hydrogen) atoms. The molecule has 0 fully saturated rings. The van der Waals surface area contributed by atoms with Crippen molar-refractivity contribution in [1.82, 2.24) is 10.0 Å². The molecule has 0 aromatic heterocycles. The molecule has 0 aliphatic rings. The molecular weight excluding hydrogens is 408 g/mol. The van der Waals surface area contributed by atoms with E-state index in [2.05, 4.69) is 83.1 Å². The highest BCUT2D eigenvalue weighted by atomic mass is 16.4. The molecular formula is C24H46N4O4. The summed E-state index contributed by atoms with van der Waals surface area (Å²) in [5.74, 6) is 9.60. The van der Waals surface area contributed by atoms with Crippen molar-refractivity contribution >= 4 is 11.9 Å². The van der Waals surface area contributed by atoms with E-state index in [9.17, 15) is 9.59 Å². The predicted octanol–water partition coefficient (Wildman–Crippen LogP) is 4.60. The first-order chi connectivity index (χ1) is 13.9. The van der Waals surface area contributed by atoms with E-state index in [-0.39, 0.29) is 33.3 Å². The topological polar surface area (TPSA) is 133 Å². The van der Waals surface area contributed by atoms with Crippen molar-refractivity contribution in [2.24, 2.45) is 11.7 Å². The molecule has 0 saturated heterocycles. The lowest BCUT2D eigenvalue weighted by molar-refractivity contribution is 0.0378. The van der Waals surface area contributed by atoms with Crippen LogP contribution in [0.4, 0.5) is 0 Å². The number of hydrazine groups is 2. The van der Waals surface area contributed by atoms with Crippen LogP contribution in [-0.4, -0.2) is 54.3 Å². The maximum Gasteiger partial charge on any atom is 0.335 e. The van der Waals surface area contributed by atoms with Crippen molar-refractivity contribution in [3.8, 4) is 0 Å². The molecule has 0 heterocycles. The van der Waals surface area contributed by atoms with Crippen molar-refractivity contribution in [2.75, 3.05) is 0 Å². The molecule has 1 aromatic carbocycles. The molecule has 0 bridgehead atoms. The van der Waals surface area contributed by atoms with Gasteiger partial charge in [-0.25, -0.2) is 19.6 Å². The lowest BCUT2D eigenvalue weighted by Gasteiger charge is -2.41. The van der Waals surface area contributed by atoms with Crippen LogP contribution in [0.2, 0.25) is 0 Å². The Morgan fingerprint density at radius 3 is 0.781 bits per heavy atom. The summed E-state index contributed by atoms with van der Waals surface area (Å²) in [6.07, 6.45) is 0. The summed E-state index contributed by atoms with van der Waals surface area (Å²) >= 11 is 0. The third-order valence-corrected chi connectivity index (χ3v) is 4.27. The van der Waals surface area contributed by atoms with Crippen molar-refractivity contribution in [3.05, 3.63) is 35.4 Å². The van der Waals surface area contributed by atoms with Crippen LogP contribution in [0, 0.1) is 0 Å². The first-order valence-corrected chi connectivity index (χ1v) is 10.6. The van der Waals surface area contributed by atoms with Gasteiger partial charge in [-0.1, -0.05) is 0 Å². The predicted molar refractivity (Wildman–Crippen MR) is 131 cm³/mol. The molecule has 0 unspecified atom stereocenters. The van der Waals surface area contributed by atoms with E-state index in [0.29, 0.717) is 0 Å². The zero-order valence-electron chi connectivity index (χ0n) is 22.1. The Balaban J connectivity index is 0. The number of aromatic carboxylic acids is 2. The number of nitrogens with zero attached hydrogens (tertiary/aromatic N) is 2. The molecule has 0 saturated carbocycles. The van der Waals surface area contributed by atoms with Crippen LogP contribution in [0.15, 0.2) is 24.3 Å². The van der Waals surface area contributed by atoms with Gasteiger partial charge in [-0.05, 0) is 107 Å². The molecule has 6 N–H and O–H groups in total. The summed E-state index contributed by atoms with van der Waals surface area (Å²) in [4.78, 5) is 20.7. The smallest absolute Gasteiger partial charge is 0.335 e. The van der Waals surface area contributed by atoms with Gasteiger partial charge >= 0.3 is 11.9 Å². The number of nitrogens with two attached hydrogens (primary N) is 2. The molecule has 0 radical (unpaired) electrons. The maximum atomic E-state index is 10.3. The molecule has 1 aromatic rings. The number of carboxylic acids is 2. The Morgan fingerprint density at radius 2 is 0.719 bits per heavy atom. The van der Waals surface area contributed by atoms with Gasteiger partial charge in [0, 0.05) is 22.2 Å². The van der Waals surface area contributed by atoms with Gasteiger partial charge in [0.05, 0.1) is 11.1 Å². The van der Waals surface area contributed by atoms with Crippen molar-refractivity contribution in [2.45, 2.75) is 105 Å². The fraction of sp³-hybridized carbons (Fsp3) is 0.667. The van der Waals surface area contributed by atoms with Crippen LogP contribution < -0.4 is 11.7 Å². The Labute approximate surface area is 194 Å². The first-order valence-electron chi connectivity index (χ1n) is 10.6. The van der Waals surface area contributed by atoms with Crippen LogP contribution in [0.3, 0.4) is 0 Å². The molecule has 0 atom stereocenters. The third kappa shape index (κ3) is 12.8. The summed E-state index contributed by atoms with van der Waals surface area (Å²) in [5, 5.41) is 20.7. The van der Waals surface area contributed by atoms with Gasteiger partial charge in [-0.15, -0.1) is 0 Å². The van der Waals surface area contributed by atoms with Crippen LogP contribution >= 0.6 is 0 Å². The normalized spacial score (nSPS) is 12.5. The zero-order chi connectivity index (χ0) is 26.3. The second-order valence-corrected chi connectivity index (χ2v) is 11.6. The van der Waals surface area contributed by atoms with E-state index in [0.717, 1.165) is 0 Å². The largest absolute Gasteiger partial charge is 0.478 e. The maximum absolute atomic E-state index is 10.3. The van der Waals surface area contributed by atoms with Crippen molar-refractivity contribution in [3.63, 3.8) is 0 Å². The SMILES string of the molecule is CC(C)(C)N(N)C(C)(C)C.CC(C)(C)N(N)C(C)(C)C.O=C(O)c1ccc(C(=O)O)cc1. The average Bonchev–Trinajstić information content (AvgIpc) is 2.58. The van der Waals surface area contributed by atoms with Gasteiger partial charge in [0.15, 0.2) is 0 Å². The van der Waals surface area contributed by atoms with E-state index in [1.807, 2.05) is 10.0 Å². The molecule has 1 rings (SSSR count). The summed E-state index contributed by atoms with van der Waals surface area (Å²) in [6, 6.07) is 5.02. The lowest BCUT2D eigenvalue weighted by Crippen LogP contribution is -2.56. The van der Waals surface area contributed by atoms with Gasteiger partial charge in [0.1, 0.15) is 0 Å². The highest BCUT2D eigenvalue weighted by Gasteiger charge is 2.28. The Bertz CT molecular complexity index is 628. The fourth-order valence-corrected chi connectivity index (χ4v) is 2.77. The van der Waals surface area contributed by atoms with Crippen LogP contribution in [0.25, 0.3) is 0 Å². The number of carbonyl (C=O) groups is 2. The Kier molecular flexibility index (Phi) is 11.8. The van der Waals surface area contributed by atoms with Crippen LogP contribution in [0.5, 0.6) is 0 Å². The molecule has 0 amide bonds. The van der Waals surface area contributed by atoms with E-state index in [4.69, 9.17) is 21.9 Å². The van der Waals surface area contributed by atoms with E-state index in [1.165, 1.54) is 24.3 Å². The average molecular weight is 455 g/mol. The quantitative estimate of drug-likeness (QED) is 0.376. The van der Waals surface area contributed by atoms with E-state index in [1.54, 1.807) is 0 Å². The summed E-state index contributed by atoms with van der Waals surface area (Å²) < 4.78 is 0. The fourth-order valence-electron chi connectivity index (χ4n) is 2.77. The van der Waals surface area contributed by atoms with E-state index >= 15 is 0 Å². The number of rotatable bonds is 2. The van der Waals surface area contributed by atoms with Crippen LogP contribution in [0.1, 0.15) is 104 Å². The highest BCUT2D eigenvalue weighted by molar-refractivity contribution is 5.91. The van der Waals surface area contributed by atoms with Gasteiger partial charge in [-0.2, -0.15) is 0 Å². The molecule has 0 aliphatic carbocycles. The van der Waals surface area contributed by atoms with Gasteiger partial charge in [0.2, 0.25) is 0 Å². The van der Waals surface area contributed by atoms with Gasteiger partial charge < -0.3 is 10.2 Å². The van der Waals surface area contributed by atoms with Gasteiger partial charge in [-0.3, -0.25) is 11.7 Å². The lowest BCUT2D eigenvalue weighted by atomic mass is 9.99. The number of carboxylic acid groups (broad SMARTS) is 2. The third-order valence-electron chi connectivity index (χ3n) is 4.27. The summed E-state index contributed by atoms with van der Waals surface area (Å²) in [6.45, 7) is 25.3. The summed E-state index contributed by atoms with van der Waals surface area (Å²) in [7, 11) is 0. The summed E-state index contributed by atoms with van der Waals surface area (Å²) in [5.41, 5.74) is 0.382. The second kappa shape index (κ2) is 11.7. The molecule has 0 aliphatic heterocycles. The zero-order valence-corrected chi connectivity index (χ0v) is 22.1. The Morgan fingerprint density at radius 1 is 0.562 bits per heavy atom. The van der Waals surface area contributed by atoms with Crippen molar-refractivity contribution in [1.29, 1.82) is 0 Å².